The summed E-state index contributed by atoms with van der Waals surface area (Å²) in [6.45, 7) is 2.23. The van der Waals surface area contributed by atoms with Crippen LogP contribution in [-0.4, -0.2) is 37.5 Å². The van der Waals surface area contributed by atoms with Gasteiger partial charge in [0.2, 0.25) is 15.9 Å². The molecule has 0 heterocycles. The second-order valence-corrected chi connectivity index (χ2v) is 6.59. The van der Waals surface area contributed by atoms with Crippen molar-refractivity contribution in [1.82, 2.24) is 10.0 Å². The molecule has 0 saturated carbocycles. The fraction of sp³-hybridized carbons (Fsp3) is 0.385. The topological polar surface area (TPSA) is 113 Å². The van der Waals surface area contributed by atoms with Crippen molar-refractivity contribution in [2.45, 2.75) is 37.0 Å². The minimum absolute atomic E-state index is 0.603. The highest BCUT2D eigenvalue weighted by atomic mass is 32.2. The molecule has 0 fully saturated rings. The van der Waals surface area contributed by atoms with Crippen molar-refractivity contribution in [3.63, 3.8) is 0 Å². The molecule has 1 amide bonds. The summed E-state index contributed by atoms with van der Waals surface area (Å²) >= 11 is 0. The van der Waals surface area contributed by atoms with Crippen LogP contribution in [0.4, 0.5) is 13.2 Å². The summed E-state index contributed by atoms with van der Waals surface area (Å²) in [5.74, 6) is -2.33. The molecule has 0 spiro atoms. The summed E-state index contributed by atoms with van der Waals surface area (Å²) in [6, 6.07) is 0.750. The van der Waals surface area contributed by atoms with E-state index in [4.69, 9.17) is 5.11 Å². The van der Waals surface area contributed by atoms with Gasteiger partial charge in [0.05, 0.1) is 16.5 Å². The molecule has 24 heavy (non-hydrogen) atoms. The Morgan fingerprint density at radius 1 is 1.12 bits per heavy atom. The van der Waals surface area contributed by atoms with Crippen LogP contribution in [-0.2, 0) is 25.8 Å². The number of aliphatic carboxylic acids is 1. The molecular formula is C13H15F3N2O5S. The summed E-state index contributed by atoms with van der Waals surface area (Å²) in [6.07, 6.45) is -4.89. The fourth-order valence-electron chi connectivity index (χ4n) is 1.69. The van der Waals surface area contributed by atoms with Crippen molar-refractivity contribution >= 4 is 21.9 Å². The van der Waals surface area contributed by atoms with E-state index in [1.807, 2.05) is 5.32 Å². The number of alkyl halides is 3. The molecule has 7 nitrogen and oxygen atoms in total. The van der Waals surface area contributed by atoms with E-state index in [2.05, 4.69) is 0 Å². The van der Waals surface area contributed by atoms with Gasteiger partial charge in [-0.3, -0.25) is 9.59 Å². The Kier molecular flexibility index (Phi) is 5.95. The summed E-state index contributed by atoms with van der Waals surface area (Å²) in [5.41, 5.74) is -1.37. The highest BCUT2D eigenvalue weighted by Gasteiger charge is 2.37. The standard InChI is InChI=1S/C13H15F3N2O5S/c1-7(11(19)17-8(2)12(20)21)18-24(22,23)10-6-4-3-5-9(10)13(14,15)16/h3-8,18H,1-2H3,(H,17,19)(H,20,21). The predicted octanol–water partition coefficient (Wildman–Crippen LogP) is 0.962. The van der Waals surface area contributed by atoms with Gasteiger partial charge < -0.3 is 10.4 Å². The van der Waals surface area contributed by atoms with Crippen LogP contribution in [0.15, 0.2) is 29.2 Å². The van der Waals surface area contributed by atoms with Crippen molar-refractivity contribution < 1.29 is 36.3 Å². The van der Waals surface area contributed by atoms with Gasteiger partial charge in [-0.1, -0.05) is 12.1 Å². The molecule has 2 unspecified atom stereocenters. The molecule has 1 aromatic rings. The molecule has 0 bridgehead atoms. The van der Waals surface area contributed by atoms with Crippen LogP contribution >= 0.6 is 0 Å². The Morgan fingerprint density at radius 3 is 2.17 bits per heavy atom. The number of carbonyl (C=O) groups is 2. The molecular weight excluding hydrogens is 353 g/mol. The lowest BCUT2D eigenvalue weighted by Gasteiger charge is -2.18. The van der Waals surface area contributed by atoms with E-state index in [1.54, 1.807) is 4.72 Å². The summed E-state index contributed by atoms with van der Waals surface area (Å²) in [5, 5.41) is 10.7. The average Bonchev–Trinajstić information content (AvgIpc) is 2.45. The Morgan fingerprint density at radius 2 is 1.67 bits per heavy atom. The highest BCUT2D eigenvalue weighted by molar-refractivity contribution is 7.89. The zero-order valence-corrected chi connectivity index (χ0v) is 13.4. The molecule has 0 aliphatic rings. The highest BCUT2D eigenvalue weighted by Crippen LogP contribution is 2.33. The van der Waals surface area contributed by atoms with E-state index in [0.717, 1.165) is 32.0 Å². The molecule has 2 atom stereocenters. The SMILES string of the molecule is CC(NC(=O)C(C)NS(=O)(=O)c1ccccc1C(F)(F)F)C(=O)O. The van der Waals surface area contributed by atoms with E-state index >= 15 is 0 Å². The number of carboxylic acid groups (broad SMARTS) is 1. The Hall–Kier alpha value is -2.14. The third-order valence-electron chi connectivity index (χ3n) is 2.94. The average molecular weight is 368 g/mol. The van der Waals surface area contributed by atoms with Crippen LogP contribution < -0.4 is 10.0 Å². The Labute approximate surface area is 135 Å². The number of benzene rings is 1. The lowest BCUT2D eigenvalue weighted by atomic mass is 10.2. The molecule has 134 valence electrons. The third kappa shape index (κ3) is 4.93. The van der Waals surface area contributed by atoms with Crippen molar-refractivity contribution in [3.05, 3.63) is 29.8 Å². The molecule has 0 aliphatic heterocycles. The smallest absolute Gasteiger partial charge is 0.417 e. The van der Waals surface area contributed by atoms with Crippen LogP contribution in [0.1, 0.15) is 19.4 Å². The number of hydrogen-bond acceptors (Lipinski definition) is 4. The van der Waals surface area contributed by atoms with Gasteiger partial charge in [0.15, 0.2) is 0 Å². The van der Waals surface area contributed by atoms with Crippen LogP contribution in [0.3, 0.4) is 0 Å². The monoisotopic (exact) mass is 368 g/mol. The van der Waals surface area contributed by atoms with Gasteiger partial charge in [0.1, 0.15) is 6.04 Å². The normalized spacial score (nSPS) is 14.7. The van der Waals surface area contributed by atoms with Gasteiger partial charge >= 0.3 is 12.1 Å². The van der Waals surface area contributed by atoms with E-state index in [0.29, 0.717) is 6.07 Å². The second kappa shape index (κ2) is 7.18. The minimum atomic E-state index is -4.89. The number of nitrogens with one attached hydrogen (secondary N) is 2. The first-order valence-corrected chi connectivity index (χ1v) is 8.06. The molecule has 11 heteroatoms. The number of halogens is 3. The molecule has 0 aromatic heterocycles. The van der Waals surface area contributed by atoms with E-state index < -0.39 is 50.6 Å². The number of sulfonamides is 1. The summed E-state index contributed by atoms with van der Waals surface area (Å²) in [4.78, 5) is 21.3. The fourth-order valence-corrected chi connectivity index (χ4v) is 3.12. The predicted molar refractivity (Wildman–Crippen MR) is 76.5 cm³/mol. The maximum absolute atomic E-state index is 12.9. The quantitative estimate of drug-likeness (QED) is 0.692. The summed E-state index contributed by atoms with van der Waals surface area (Å²) in [7, 11) is -4.65. The number of carbonyl (C=O) groups excluding carboxylic acids is 1. The van der Waals surface area contributed by atoms with Gasteiger partial charge in [0.25, 0.3) is 0 Å². The van der Waals surface area contributed by atoms with Gasteiger partial charge in [-0.2, -0.15) is 17.9 Å². The van der Waals surface area contributed by atoms with Crippen molar-refractivity contribution in [1.29, 1.82) is 0 Å². The van der Waals surface area contributed by atoms with Crippen LogP contribution in [0.2, 0.25) is 0 Å². The van der Waals surface area contributed by atoms with Crippen LogP contribution in [0, 0.1) is 0 Å². The van der Waals surface area contributed by atoms with Crippen molar-refractivity contribution in [3.8, 4) is 0 Å². The molecule has 0 aliphatic carbocycles. The van der Waals surface area contributed by atoms with Gasteiger partial charge in [0, 0.05) is 0 Å². The lowest BCUT2D eigenvalue weighted by Crippen LogP contribution is -2.49. The van der Waals surface area contributed by atoms with Gasteiger partial charge in [-0.15, -0.1) is 0 Å². The Balaban J connectivity index is 3.03. The van der Waals surface area contributed by atoms with E-state index in [-0.39, 0.29) is 0 Å². The molecule has 1 aromatic carbocycles. The zero-order valence-electron chi connectivity index (χ0n) is 12.6. The van der Waals surface area contributed by atoms with E-state index in [9.17, 15) is 31.2 Å². The maximum atomic E-state index is 12.9. The molecule has 0 radical (unpaired) electrons. The second-order valence-electron chi connectivity index (χ2n) is 4.91. The molecule has 1 rings (SSSR count). The number of hydrogen-bond donors (Lipinski definition) is 3. The van der Waals surface area contributed by atoms with Crippen molar-refractivity contribution in [2.75, 3.05) is 0 Å². The minimum Gasteiger partial charge on any atom is -0.480 e. The number of carboxylic acids is 1. The van der Waals surface area contributed by atoms with Crippen molar-refractivity contribution in [2.24, 2.45) is 0 Å². The first kappa shape index (κ1) is 19.9. The Bertz CT molecular complexity index is 733. The number of amides is 1. The first-order chi connectivity index (χ1) is 10.9. The lowest BCUT2D eigenvalue weighted by molar-refractivity contribution is -0.141. The zero-order chi connectivity index (χ0) is 18.7. The maximum Gasteiger partial charge on any atom is 0.417 e. The summed E-state index contributed by atoms with van der Waals surface area (Å²) < 4.78 is 64.7. The van der Waals surface area contributed by atoms with Crippen LogP contribution in [0.5, 0.6) is 0 Å². The van der Waals surface area contributed by atoms with Gasteiger partial charge in [-0.25, -0.2) is 8.42 Å². The van der Waals surface area contributed by atoms with E-state index in [1.165, 1.54) is 0 Å². The first-order valence-electron chi connectivity index (χ1n) is 6.58. The number of rotatable bonds is 6. The largest absolute Gasteiger partial charge is 0.480 e. The van der Waals surface area contributed by atoms with Gasteiger partial charge in [-0.05, 0) is 26.0 Å². The molecule has 3 N–H and O–H groups in total. The third-order valence-corrected chi connectivity index (χ3v) is 4.54. The molecule has 0 saturated heterocycles. The van der Waals surface area contributed by atoms with Crippen LogP contribution in [0.25, 0.3) is 0 Å².